The molecule has 0 aliphatic carbocycles. The van der Waals surface area contributed by atoms with E-state index >= 15 is 0 Å². The van der Waals surface area contributed by atoms with Crippen molar-refractivity contribution in [3.63, 3.8) is 0 Å². The van der Waals surface area contributed by atoms with Crippen molar-refractivity contribution in [1.82, 2.24) is 14.8 Å². The molecule has 7 heteroatoms. The number of thioether (sulfide) groups is 1. The predicted octanol–water partition coefficient (Wildman–Crippen LogP) is 1.95. The number of carbonyl (C=O) groups is 1. The molecular weight excluding hydrogens is 238 g/mol. The third kappa shape index (κ3) is 1.64. The summed E-state index contributed by atoms with van der Waals surface area (Å²) < 4.78 is 1.62. The average Bonchev–Trinajstić information content (AvgIpc) is 2.67. The van der Waals surface area contributed by atoms with E-state index in [-0.39, 0.29) is 6.03 Å². The molecule has 2 heterocycles. The Morgan fingerprint density at radius 3 is 2.94 bits per heavy atom. The minimum atomic E-state index is -0.309. The van der Waals surface area contributed by atoms with Gasteiger partial charge in [-0.25, -0.2) is 4.79 Å². The van der Waals surface area contributed by atoms with Crippen LogP contribution in [0.25, 0.3) is 5.69 Å². The molecular formula is C10H9N5OS. The summed E-state index contributed by atoms with van der Waals surface area (Å²) in [6.45, 7) is 0. The zero-order chi connectivity index (χ0) is 11.8. The Kier molecular flexibility index (Phi) is 2.25. The summed E-state index contributed by atoms with van der Waals surface area (Å²) in [6, 6.07) is 7.14. The number of rotatable bonds is 1. The first-order chi connectivity index (χ1) is 8.28. The molecule has 17 heavy (non-hydrogen) atoms. The summed E-state index contributed by atoms with van der Waals surface area (Å²) in [5.74, 6) is 0.428. The van der Waals surface area contributed by atoms with Gasteiger partial charge in [0.05, 0.1) is 11.4 Å². The number of carbonyl (C=O) groups excluding carboxylic acids is 1. The van der Waals surface area contributed by atoms with E-state index in [4.69, 9.17) is 0 Å². The van der Waals surface area contributed by atoms with Crippen LogP contribution >= 0.6 is 11.8 Å². The molecule has 0 unspecified atom stereocenters. The first-order valence-electron chi connectivity index (χ1n) is 4.96. The molecule has 86 valence electrons. The fourth-order valence-corrected chi connectivity index (χ4v) is 1.99. The van der Waals surface area contributed by atoms with Gasteiger partial charge in [0.25, 0.3) is 0 Å². The van der Waals surface area contributed by atoms with E-state index in [0.717, 1.165) is 5.69 Å². The molecule has 0 fully saturated rings. The highest BCUT2D eigenvalue weighted by Gasteiger charge is 2.20. The van der Waals surface area contributed by atoms with Gasteiger partial charge in [-0.05, 0) is 18.4 Å². The summed E-state index contributed by atoms with van der Waals surface area (Å²) in [4.78, 5) is 15.8. The molecule has 0 saturated carbocycles. The van der Waals surface area contributed by atoms with E-state index < -0.39 is 0 Å². The number of hydrogen-bond donors (Lipinski definition) is 2. The fourth-order valence-electron chi connectivity index (χ4n) is 1.65. The molecule has 1 aromatic heterocycles. The smallest absolute Gasteiger partial charge is 0.306 e. The molecule has 0 bridgehead atoms. The van der Waals surface area contributed by atoms with Crippen molar-refractivity contribution in [1.29, 1.82) is 0 Å². The lowest BCUT2D eigenvalue weighted by Crippen LogP contribution is -2.18. The van der Waals surface area contributed by atoms with Crippen LogP contribution in [0.3, 0.4) is 0 Å². The average molecular weight is 247 g/mol. The maximum atomic E-state index is 11.6. The molecule has 2 amide bonds. The van der Waals surface area contributed by atoms with Crippen LogP contribution in [0.4, 0.5) is 16.4 Å². The van der Waals surface area contributed by atoms with Crippen LogP contribution in [-0.2, 0) is 0 Å². The molecule has 2 N–H and O–H groups in total. The minimum Gasteiger partial charge on any atom is -0.306 e. The van der Waals surface area contributed by atoms with Gasteiger partial charge in [0, 0.05) is 0 Å². The van der Waals surface area contributed by atoms with Crippen LogP contribution in [0, 0.1) is 0 Å². The predicted molar refractivity (Wildman–Crippen MR) is 65.8 cm³/mol. The Balaban J connectivity index is 2.24. The number of amides is 2. The lowest BCUT2D eigenvalue weighted by atomic mass is 10.2. The number of anilines is 2. The van der Waals surface area contributed by atoms with Crippen molar-refractivity contribution in [2.24, 2.45) is 0 Å². The largest absolute Gasteiger partial charge is 0.326 e. The molecule has 0 spiro atoms. The second-order valence-electron chi connectivity index (χ2n) is 3.43. The Bertz CT molecular complexity index is 594. The van der Waals surface area contributed by atoms with Gasteiger partial charge in [-0.3, -0.25) is 5.32 Å². The Morgan fingerprint density at radius 1 is 1.29 bits per heavy atom. The molecule has 0 atom stereocenters. The van der Waals surface area contributed by atoms with Crippen LogP contribution in [0.5, 0.6) is 0 Å². The quantitative estimate of drug-likeness (QED) is 0.755. The number of para-hydroxylation sites is 2. The van der Waals surface area contributed by atoms with Crippen molar-refractivity contribution in [3.8, 4) is 5.69 Å². The zero-order valence-corrected chi connectivity index (χ0v) is 9.78. The number of nitrogens with zero attached hydrogens (tertiary/aromatic N) is 3. The molecule has 1 aliphatic rings. The third-order valence-corrected chi connectivity index (χ3v) is 2.91. The lowest BCUT2D eigenvalue weighted by molar-refractivity contribution is 0.262. The number of nitrogens with one attached hydrogen (secondary N) is 2. The molecule has 3 rings (SSSR count). The Labute approximate surface area is 101 Å². The number of urea groups is 1. The lowest BCUT2D eigenvalue weighted by Gasteiger charge is -2.05. The van der Waals surface area contributed by atoms with Gasteiger partial charge in [0.15, 0.2) is 0 Å². The van der Waals surface area contributed by atoms with Crippen molar-refractivity contribution in [3.05, 3.63) is 24.3 Å². The second-order valence-corrected chi connectivity index (χ2v) is 4.20. The third-order valence-electron chi connectivity index (χ3n) is 2.38. The van der Waals surface area contributed by atoms with E-state index in [0.29, 0.717) is 16.8 Å². The van der Waals surface area contributed by atoms with Crippen LogP contribution in [-0.4, -0.2) is 27.1 Å². The van der Waals surface area contributed by atoms with Gasteiger partial charge in [-0.1, -0.05) is 23.9 Å². The molecule has 0 radical (unpaired) electrons. The highest BCUT2D eigenvalue weighted by atomic mass is 32.2. The molecule has 0 saturated heterocycles. The highest BCUT2D eigenvalue weighted by Crippen LogP contribution is 2.26. The number of aromatic nitrogens is 3. The van der Waals surface area contributed by atoms with Gasteiger partial charge in [-0.2, -0.15) is 9.67 Å². The van der Waals surface area contributed by atoms with Crippen molar-refractivity contribution >= 4 is 29.4 Å². The standard InChI is InChI=1S/C10H9N5OS/c1-17-10-13-8-12-9(16)11-6-4-2-3-5-7(6)15(8)14-10/h2-5H,1H3,(H2,11,12,13,14,16). The topological polar surface area (TPSA) is 71.8 Å². The summed E-state index contributed by atoms with van der Waals surface area (Å²) in [7, 11) is 0. The maximum absolute atomic E-state index is 11.6. The van der Waals surface area contributed by atoms with Gasteiger partial charge >= 0.3 is 6.03 Å². The monoisotopic (exact) mass is 247 g/mol. The molecule has 1 aliphatic heterocycles. The summed E-state index contributed by atoms with van der Waals surface area (Å²) in [5, 5.41) is 10.3. The van der Waals surface area contributed by atoms with E-state index in [1.807, 2.05) is 30.5 Å². The Hall–Kier alpha value is -2.02. The summed E-state index contributed by atoms with van der Waals surface area (Å²) in [6.07, 6.45) is 1.89. The van der Waals surface area contributed by atoms with Crippen LogP contribution in [0.2, 0.25) is 0 Å². The Morgan fingerprint density at radius 2 is 2.12 bits per heavy atom. The van der Waals surface area contributed by atoms with Gasteiger partial charge in [-0.15, -0.1) is 5.10 Å². The molecule has 6 nitrogen and oxygen atoms in total. The fraction of sp³-hybridized carbons (Fsp3) is 0.100. The van der Waals surface area contributed by atoms with E-state index in [1.165, 1.54) is 11.8 Å². The van der Waals surface area contributed by atoms with E-state index in [1.54, 1.807) is 4.68 Å². The number of benzene rings is 1. The second kappa shape index (κ2) is 3.77. The minimum absolute atomic E-state index is 0.309. The van der Waals surface area contributed by atoms with Crippen LogP contribution in [0.15, 0.2) is 29.4 Å². The maximum Gasteiger partial charge on any atom is 0.326 e. The van der Waals surface area contributed by atoms with Gasteiger partial charge in [0.1, 0.15) is 0 Å². The first-order valence-corrected chi connectivity index (χ1v) is 6.19. The van der Waals surface area contributed by atoms with E-state index in [9.17, 15) is 4.79 Å². The van der Waals surface area contributed by atoms with Crippen LogP contribution in [0.1, 0.15) is 0 Å². The summed E-state index contributed by atoms with van der Waals surface area (Å²) in [5.41, 5.74) is 1.51. The SMILES string of the molecule is CSc1nc2n(n1)-c1ccccc1NC(=O)N2. The summed E-state index contributed by atoms with van der Waals surface area (Å²) >= 11 is 1.43. The number of fused-ring (bicyclic) bond motifs is 3. The van der Waals surface area contributed by atoms with Gasteiger partial charge in [0.2, 0.25) is 11.1 Å². The zero-order valence-electron chi connectivity index (χ0n) is 8.97. The molecule has 2 aromatic rings. The highest BCUT2D eigenvalue weighted by molar-refractivity contribution is 7.98. The van der Waals surface area contributed by atoms with Crippen molar-refractivity contribution in [2.45, 2.75) is 5.16 Å². The van der Waals surface area contributed by atoms with Crippen molar-refractivity contribution in [2.75, 3.05) is 16.9 Å². The van der Waals surface area contributed by atoms with Crippen molar-refractivity contribution < 1.29 is 4.79 Å². The van der Waals surface area contributed by atoms with Gasteiger partial charge < -0.3 is 5.32 Å². The van der Waals surface area contributed by atoms with E-state index in [2.05, 4.69) is 20.7 Å². The van der Waals surface area contributed by atoms with Crippen LogP contribution < -0.4 is 10.6 Å². The normalized spacial score (nSPS) is 13.1. The first kappa shape index (κ1) is 10.2. The number of hydrogen-bond acceptors (Lipinski definition) is 4. The molecule has 1 aromatic carbocycles.